The Kier molecular flexibility index (Phi) is 5.98. The van der Waals surface area contributed by atoms with Crippen molar-refractivity contribution in [3.63, 3.8) is 0 Å². The van der Waals surface area contributed by atoms with Crippen LogP contribution in [0.1, 0.15) is 26.7 Å². The number of anilines is 2. The van der Waals surface area contributed by atoms with E-state index in [1.807, 2.05) is 0 Å². The van der Waals surface area contributed by atoms with Gasteiger partial charge in [0.25, 0.3) is 0 Å². The average molecular weight is 270 g/mol. The maximum Gasteiger partial charge on any atom is 0.225 e. The lowest BCUT2D eigenvalue weighted by Crippen LogP contribution is -2.14. The second kappa shape index (κ2) is 7.26. The van der Waals surface area contributed by atoms with Crippen LogP contribution in [0.25, 0.3) is 0 Å². The van der Waals surface area contributed by atoms with Gasteiger partial charge in [0.2, 0.25) is 5.91 Å². The molecule has 0 bridgehead atoms. The molecule has 1 atom stereocenters. The van der Waals surface area contributed by atoms with E-state index in [9.17, 15) is 9.18 Å². The van der Waals surface area contributed by atoms with Gasteiger partial charge in [-0.2, -0.15) is 11.8 Å². The molecule has 18 heavy (non-hydrogen) atoms. The predicted molar refractivity (Wildman–Crippen MR) is 76.3 cm³/mol. The molecule has 0 spiro atoms. The number of halogens is 1. The maximum absolute atomic E-state index is 13.4. The minimum atomic E-state index is -0.466. The first-order valence-electron chi connectivity index (χ1n) is 5.99. The number of hydrogen-bond acceptors (Lipinski definition) is 3. The first-order valence-corrected chi connectivity index (χ1v) is 7.04. The topological polar surface area (TPSA) is 55.1 Å². The number of nitrogen functional groups attached to an aromatic ring is 1. The molecule has 0 heterocycles. The fraction of sp³-hybridized carbons (Fsp3) is 0.462. The third-order valence-electron chi connectivity index (χ3n) is 2.57. The van der Waals surface area contributed by atoms with Crippen LogP contribution in [0.2, 0.25) is 0 Å². The number of rotatable bonds is 6. The number of nitrogens with one attached hydrogen (secondary N) is 1. The van der Waals surface area contributed by atoms with Crippen molar-refractivity contribution in [1.82, 2.24) is 0 Å². The molecule has 0 aliphatic carbocycles. The van der Waals surface area contributed by atoms with Gasteiger partial charge in [0.1, 0.15) is 5.82 Å². The summed E-state index contributed by atoms with van der Waals surface area (Å²) in [6.07, 6.45) is 1.46. The summed E-state index contributed by atoms with van der Waals surface area (Å²) >= 11 is 1.74. The smallest absolute Gasteiger partial charge is 0.225 e. The Hall–Kier alpha value is -1.23. The molecule has 100 valence electrons. The van der Waals surface area contributed by atoms with E-state index < -0.39 is 5.82 Å². The van der Waals surface area contributed by atoms with Gasteiger partial charge in [0.15, 0.2) is 0 Å². The summed E-state index contributed by atoms with van der Waals surface area (Å²) in [7, 11) is 0. The molecule has 0 saturated carbocycles. The highest BCUT2D eigenvalue weighted by molar-refractivity contribution is 7.99. The summed E-state index contributed by atoms with van der Waals surface area (Å²) < 4.78 is 13.4. The van der Waals surface area contributed by atoms with Crippen molar-refractivity contribution in [3.8, 4) is 0 Å². The Morgan fingerprint density at radius 3 is 2.94 bits per heavy atom. The number of carbonyl (C=O) groups excluding carboxylic acids is 1. The minimum Gasteiger partial charge on any atom is -0.399 e. The molecule has 5 heteroatoms. The summed E-state index contributed by atoms with van der Waals surface area (Å²) in [6.45, 7) is 4.24. The molecule has 1 unspecified atom stereocenters. The molecule has 3 nitrogen and oxygen atoms in total. The summed E-state index contributed by atoms with van der Waals surface area (Å²) in [4.78, 5) is 11.6. The maximum atomic E-state index is 13.4. The van der Waals surface area contributed by atoms with Gasteiger partial charge in [-0.25, -0.2) is 4.39 Å². The number of carbonyl (C=O) groups is 1. The first kappa shape index (κ1) is 14.8. The molecule has 0 aliphatic heterocycles. The lowest BCUT2D eigenvalue weighted by Gasteiger charge is -2.09. The van der Waals surface area contributed by atoms with Gasteiger partial charge in [0, 0.05) is 23.1 Å². The van der Waals surface area contributed by atoms with Crippen molar-refractivity contribution in [2.45, 2.75) is 31.9 Å². The van der Waals surface area contributed by atoms with Gasteiger partial charge in [-0.15, -0.1) is 0 Å². The molecule has 1 amide bonds. The molecule has 0 fully saturated rings. The normalized spacial score (nSPS) is 12.2. The second-order valence-electron chi connectivity index (χ2n) is 4.13. The van der Waals surface area contributed by atoms with E-state index in [1.54, 1.807) is 11.8 Å². The summed E-state index contributed by atoms with van der Waals surface area (Å²) in [5.74, 6) is 0.0903. The fourth-order valence-corrected chi connectivity index (χ4v) is 2.26. The molecule has 1 aromatic carbocycles. The van der Waals surface area contributed by atoms with E-state index in [1.165, 1.54) is 18.2 Å². The van der Waals surface area contributed by atoms with Crippen LogP contribution in [0.3, 0.4) is 0 Å². The van der Waals surface area contributed by atoms with Crippen LogP contribution in [-0.4, -0.2) is 16.9 Å². The minimum absolute atomic E-state index is 0.147. The van der Waals surface area contributed by atoms with Crippen LogP contribution in [0.4, 0.5) is 15.8 Å². The van der Waals surface area contributed by atoms with Crippen molar-refractivity contribution in [3.05, 3.63) is 24.0 Å². The Morgan fingerprint density at radius 2 is 2.28 bits per heavy atom. The zero-order valence-corrected chi connectivity index (χ0v) is 11.5. The van der Waals surface area contributed by atoms with Crippen LogP contribution in [-0.2, 0) is 4.79 Å². The fourth-order valence-electron chi connectivity index (χ4n) is 1.32. The monoisotopic (exact) mass is 270 g/mol. The number of amides is 1. The number of benzene rings is 1. The first-order chi connectivity index (χ1) is 8.52. The quantitative estimate of drug-likeness (QED) is 0.780. The number of nitrogens with two attached hydrogens (primary N) is 1. The Bertz CT molecular complexity index is 412. The van der Waals surface area contributed by atoms with Crippen molar-refractivity contribution in [2.75, 3.05) is 16.8 Å². The highest BCUT2D eigenvalue weighted by Crippen LogP contribution is 2.18. The lowest BCUT2D eigenvalue weighted by molar-refractivity contribution is -0.115. The van der Waals surface area contributed by atoms with Crippen LogP contribution >= 0.6 is 11.8 Å². The lowest BCUT2D eigenvalue weighted by atomic mass is 10.2. The van der Waals surface area contributed by atoms with Gasteiger partial charge < -0.3 is 11.1 Å². The molecule has 0 radical (unpaired) electrons. The average Bonchev–Trinajstić information content (AvgIpc) is 2.33. The van der Waals surface area contributed by atoms with E-state index in [0.717, 1.165) is 12.2 Å². The van der Waals surface area contributed by atoms with Gasteiger partial charge in [-0.3, -0.25) is 4.79 Å². The molecule has 1 rings (SSSR count). The zero-order valence-electron chi connectivity index (χ0n) is 10.7. The second-order valence-corrected chi connectivity index (χ2v) is 5.67. The number of hydrogen-bond donors (Lipinski definition) is 2. The van der Waals surface area contributed by atoms with Crippen LogP contribution in [0.15, 0.2) is 18.2 Å². The zero-order chi connectivity index (χ0) is 13.5. The van der Waals surface area contributed by atoms with Crippen LogP contribution < -0.4 is 11.1 Å². The number of thioether (sulfide) groups is 1. The SMILES string of the molecule is CCC(C)SCCC(=O)Nc1cc(N)ccc1F. The summed E-state index contributed by atoms with van der Waals surface area (Å²) in [5.41, 5.74) is 6.12. The molecule has 1 aromatic rings. The predicted octanol–water partition coefficient (Wildman–Crippen LogP) is 3.27. The van der Waals surface area contributed by atoms with Gasteiger partial charge in [-0.1, -0.05) is 13.8 Å². The molecule has 0 aromatic heterocycles. The molecule has 0 aliphatic rings. The van der Waals surface area contributed by atoms with Crippen molar-refractivity contribution >= 4 is 29.0 Å². The standard InChI is InChI=1S/C13H19FN2OS/c1-3-9(2)18-7-6-13(17)16-12-8-10(15)4-5-11(12)14/h4-5,8-9H,3,6-7,15H2,1-2H3,(H,16,17). The van der Waals surface area contributed by atoms with Crippen molar-refractivity contribution in [1.29, 1.82) is 0 Å². The Morgan fingerprint density at radius 1 is 1.56 bits per heavy atom. The highest BCUT2D eigenvalue weighted by Gasteiger charge is 2.08. The van der Waals surface area contributed by atoms with Crippen LogP contribution in [0.5, 0.6) is 0 Å². The Balaban J connectivity index is 2.42. The largest absolute Gasteiger partial charge is 0.399 e. The van der Waals surface area contributed by atoms with Crippen LogP contribution in [0, 0.1) is 5.82 Å². The van der Waals surface area contributed by atoms with E-state index in [-0.39, 0.29) is 11.6 Å². The molecule has 3 N–H and O–H groups in total. The van der Waals surface area contributed by atoms with Gasteiger partial charge in [-0.05, 0) is 24.6 Å². The van der Waals surface area contributed by atoms with Gasteiger partial charge >= 0.3 is 0 Å². The van der Waals surface area contributed by atoms with E-state index in [2.05, 4.69) is 19.2 Å². The summed E-state index contributed by atoms with van der Waals surface area (Å²) in [6, 6.07) is 4.14. The van der Waals surface area contributed by atoms with Crippen molar-refractivity contribution < 1.29 is 9.18 Å². The molecular weight excluding hydrogens is 251 g/mol. The molecular formula is C13H19FN2OS. The van der Waals surface area contributed by atoms with Gasteiger partial charge in [0.05, 0.1) is 5.69 Å². The Labute approximate surface area is 111 Å². The third kappa shape index (κ3) is 4.96. The molecule has 0 saturated heterocycles. The highest BCUT2D eigenvalue weighted by atomic mass is 32.2. The summed E-state index contributed by atoms with van der Waals surface area (Å²) in [5, 5.41) is 3.08. The third-order valence-corrected chi connectivity index (χ3v) is 3.91. The van der Waals surface area contributed by atoms with E-state index in [0.29, 0.717) is 17.4 Å². The van der Waals surface area contributed by atoms with E-state index >= 15 is 0 Å². The van der Waals surface area contributed by atoms with Crippen molar-refractivity contribution in [2.24, 2.45) is 0 Å². The van der Waals surface area contributed by atoms with E-state index in [4.69, 9.17) is 5.73 Å².